The van der Waals surface area contributed by atoms with Crippen molar-refractivity contribution in [3.8, 4) is 0 Å². The van der Waals surface area contributed by atoms with Crippen molar-refractivity contribution in [3.63, 3.8) is 0 Å². The van der Waals surface area contributed by atoms with Gasteiger partial charge in [0.1, 0.15) is 0 Å². The average Bonchev–Trinajstić information content (AvgIpc) is 3.09. The Morgan fingerprint density at radius 2 is 1.82 bits per heavy atom. The molecule has 120 valence electrons. The standard InChI is InChI=1S/C16H22BrN3O2/c17-12-9-18-19(10-12)15-7-13-1-2-14(8-15)20(13)16(21)11-3-5-22-6-4-11/h9-11,13-15H,1-8H2. The minimum absolute atomic E-state index is 0.187. The number of carbonyl (C=O) groups excluding carboxylic acids is 1. The van der Waals surface area contributed by atoms with Gasteiger partial charge in [-0.05, 0) is 54.5 Å². The van der Waals surface area contributed by atoms with Gasteiger partial charge in [0.05, 0.1) is 16.7 Å². The van der Waals surface area contributed by atoms with E-state index in [1.165, 1.54) is 0 Å². The largest absolute Gasteiger partial charge is 0.381 e. The minimum atomic E-state index is 0.187. The third kappa shape index (κ3) is 2.60. The fourth-order valence-corrected chi connectivity index (χ4v) is 4.70. The van der Waals surface area contributed by atoms with E-state index in [-0.39, 0.29) is 5.92 Å². The smallest absolute Gasteiger partial charge is 0.226 e. The average molecular weight is 368 g/mol. The minimum Gasteiger partial charge on any atom is -0.381 e. The van der Waals surface area contributed by atoms with Crippen molar-refractivity contribution in [1.29, 1.82) is 0 Å². The third-order valence-electron chi connectivity index (χ3n) is 5.48. The number of rotatable bonds is 2. The summed E-state index contributed by atoms with van der Waals surface area (Å²) in [5, 5.41) is 4.45. The lowest BCUT2D eigenvalue weighted by atomic mass is 9.92. The van der Waals surface area contributed by atoms with E-state index in [1.807, 2.05) is 6.20 Å². The summed E-state index contributed by atoms with van der Waals surface area (Å²) in [5.74, 6) is 0.572. The summed E-state index contributed by atoms with van der Waals surface area (Å²) >= 11 is 3.47. The molecular weight excluding hydrogens is 346 g/mol. The van der Waals surface area contributed by atoms with Crippen LogP contribution in [0.4, 0.5) is 0 Å². The van der Waals surface area contributed by atoms with Crippen molar-refractivity contribution >= 4 is 21.8 Å². The van der Waals surface area contributed by atoms with E-state index in [1.54, 1.807) is 0 Å². The fourth-order valence-electron chi connectivity index (χ4n) is 4.39. The number of aromatic nitrogens is 2. The molecule has 3 fully saturated rings. The van der Waals surface area contributed by atoms with Crippen LogP contribution in [0.2, 0.25) is 0 Å². The zero-order valence-electron chi connectivity index (χ0n) is 12.7. The van der Waals surface area contributed by atoms with Crippen LogP contribution in [0.1, 0.15) is 44.6 Å². The van der Waals surface area contributed by atoms with Gasteiger partial charge in [-0.3, -0.25) is 9.48 Å². The van der Waals surface area contributed by atoms with Crippen LogP contribution in [-0.2, 0) is 9.53 Å². The number of carbonyl (C=O) groups is 1. The number of fused-ring (bicyclic) bond motifs is 2. The van der Waals surface area contributed by atoms with Gasteiger partial charge in [-0.2, -0.15) is 5.10 Å². The molecular formula is C16H22BrN3O2. The van der Waals surface area contributed by atoms with Crippen LogP contribution < -0.4 is 0 Å². The number of piperidine rings is 1. The lowest BCUT2D eigenvalue weighted by Gasteiger charge is -2.41. The molecule has 0 aromatic carbocycles. The molecule has 3 aliphatic heterocycles. The Kier molecular flexibility index (Phi) is 3.98. The van der Waals surface area contributed by atoms with Gasteiger partial charge in [0.2, 0.25) is 5.91 Å². The summed E-state index contributed by atoms with van der Waals surface area (Å²) in [6, 6.07) is 1.24. The Morgan fingerprint density at radius 1 is 1.14 bits per heavy atom. The number of hydrogen-bond donors (Lipinski definition) is 0. The quantitative estimate of drug-likeness (QED) is 0.807. The van der Waals surface area contributed by atoms with Crippen LogP contribution in [0.15, 0.2) is 16.9 Å². The summed E-state index contributed by atoms with van der Waals surface area (Å²) in [4.78, 5) is 15.1. The predicted molar refractivity (Wildman–Crippen MR) is 85.4 cm³/mol. The molecule has 2 atom stereocenters. The van der Waals surface area contributed by atoms with E-state index in [4.69, 9.17) is 4.74 Å². The first-order valence-electron chi connectivity index (χ1n) is 8.32. The van der Waals surface area contributed by atoms with Crippen LogP contribution in [-0.4, -0.2) is 45.9 Å². The fraction of sp³-hybridized carbons (Fsp3) is 0.750. The van der Waals surface area contributed by atoms with Crippen LogP contribution in [0.3, 0.4) is 0 Å². The number of halogens is 1. The van der Waals surface area contributed by atoms with E-state index in [9.17, 15) is 4.79 Å². The molecule has 6 heteroatoms. The highest BCUT2D eigenvalue weighted by Crippen LogP contribution is 2.42. The summed E-state index contributed by atoms with van der Waals surface area (Å²) < 4.78 is 8.50. The second-order valence-corrected chi connectivity index (χ2v) is 7.70. The van der Waals surface area contributed by atoms with E-state index in [2.05, 4.69) is 36.8 Å². The number of nitrogens with zero attached hydrogens (tertiary/aromatic N) is 3. The number of ether oxygens (including phenoxy) is 1. The van der Waals surface area contributed by atoms with Gasteiger partial charge in [-0.25, -0.2) is 0 Å². The monoisotopic (exact) mass is 367 g/mol. The Hall–Kier alpha value is -0.880. The highest BCUT2D eigenvalue weighted by Gasteiger charge is 2.45. The number of hydrogen-bond acceptors (Lipinski definition) is 3. The Bertz CT molecular complexity index is 541. The molecule has 0 radical (unpaired) electrons. The molecule has 1 amide bonds. The van der Waals surface area contributed by atoms with Crippen molar-refractivity contribution < 1.29 is 9.53 Å². The van der Waals surface area contributed by atoms with Crippen LogP contribution in [0.5, 0.6) is 0 Å². The highest BCUT2D eigenvalue weighted by molar-refractivity contribution is 9.10. The maximum absolute atomic E-state index is 12.9. The van der Waals surface area contributed by atoms with E-state index >= 15 is 0 Å². The molecule has 3 saturated heterocycles. The summed E-state index contributed by atoms with van der Waals surface area (Å²) in [6.07, 6.45) is 10.1. The van der Waals surface area contributed by atoms with Gasteiger partial charge in [-0.1, -0.05) is 0 Å². The Labute approximate surface area is 139 Å². The van der Waals surface area contributed by atoms with Gasteiger partial charge < -0.3 is 9.64 Å². The van der Waals surface area contributed by atoms with E-state index in [0.717, 1.165) is 56.2 Å². The first-order valence-corrected chi connectivity index (χ1v) is 9.11. The van der Waals surface area contributed by atoms with Crippen molar-refractivity contribution in [2.45, 2.75) is 56.7 Å². The van der Waals surface area contributed by atoms with Gasteiger partial charge in [0.15, 0.2) is 0 Å². The summed E-state index contributed by atoms with van der Waals surface area (Å²) in [5.41, 5.74) is 0. The van der Waals surface area contributed by atoms with E-state index in [0.29, 0.717) is 24.0 Å². The molecule has 0 N–H and O–H groups in total. The van der Waals surface area contributed by atoms with Crippen molar-refractivity contribution in [2.24, 2.45) is 5.92 Å². The molecule has 0 aliphatic carbocycles. The maximum atomic E-state index is 12.9. The lowest BCUT2D eigenvalue weighted by molar-refractivity contribution is -0.143. The Balaban J connectivity index is 1.47. The predicted octanol–water partition coefficient (Wildman–Crippen LogP) is 2.77. The van der Waals surface area contributed by atoms with Crippen LogP contribution >= 0.6 is 15.9 Å². The van der Waals surface area contributed by atoms with E-state index < -0.39 is 0 Å². The maximum Gasteiger partial charge on any atom is 0.226 e. The molecule has 0 saturated carbocycles. The molecule has 1 aromatic rings. The van der Waals surface area contributed by atoms with Crippen LogP contribution in [0.25, 0.3) is 0 Å². The lowest BCUT2D eigenvalue weighted by Crippen LogP contribution is -2.50. The van der Waals surface area contributed by atoms with Crippen LogP contribution in [0, 0.1) is 5.92 Å². The van der Waals surface area contributed by atoms with Crippen molar-refractivity contribution in [1.82, 2.24) is 14.7 Å². The van der Waals surface area contributed by atoms with Crippen molar-refractivity contribution in [2.75, 3.05) is 13.2 Å². The normalized spacial score (nSPS) is 32.4. The first kappa shape index (κ1) is 14.7. The number of amides is 1. The molecule has 4 rings (SSSR count). The van der Waals surface area contributed by atoms with Crippen molar-refractivity contribution in [3.05, 3.63) is 16.9 Å². The summed E-state index contributed by atoms with van der Waals surface area (Å²) in [7, 11) is 0. The van der Waals surface area contributed by atoms with Gasteiger partial charge in [0.25, 0.3) is 0 Å². The molecule has 2 unspecified atom stereocenters. The Morgan fingerprint density at radius 3 is 2.41 bits per heavy atom. The first-order chi connectivity index (χ1) is 10.7. The van der Waals surface area contributed by atoms with Gasteiger partial charge >= 0.3 is 0 Å². The second-order valence-electron chi connectivity index (χ2n) is 6.78. The molecule has 3 aliphatic rings. The third-order valence-corrected chi connectivity index (χ3v) is 5.89. The zero-order chi connectivity index (χ0) is 15.1. The SMILES string of the molecule is O=C(C1CCOCC1)N1C2CCC1CC(n1cc(Br)cn1)C2. The molecule has 1 aromatic heterocycles. The molecule has 22 heavy (non-hydrogen) atoms. The second kappa shape index (κ2) is 5.96. The zero-order valence-corrected chi connectivity index (χ0v) is 14.2. The molecule has 2 bridgehead atoms. The summed E-state index contributed by atoms with van der Waals surface area (Å²) in [6.45, 7) is 1.48. The molecule has 0 spiro atoms. The van der Waals surface area contributed by atoms with Gasteiger partial charge in [0, 0.05) is 37.4 Å². The topological polar surface area (TPSA) is 47.4 Å². The highest BCUT2D eigenvalue weighted by atomic mass is 79.9. The molecule has 5 nitrogen and oxygen atoms in total. The van der Waals surface area contributed by atoms with Gasteiger partial charge in [-0.15, -0.1) is 0 Å². The molecule has 4 heterocycles.